The molecule has 0 aromatic heterocycles. The zero-order valence-corrected chi connectivity index (χ0v) is 7.43. The van der Waals surface area contributed by atoms with Gasteiger partial charge in [0, 0.05) is 12.0 Å². The third-order valence-electron chi connectivity index (χ3n) is 1.86. The number of nitrogens with two attached hydrogens (primary N) is 1. The Morgan fingerprint density at radius 2 is 2.21 bits per heavy atom. The first-order valence-corrected chi connectivity index (χ1v) is 4.03. The van der Waals surface area contributed by atoms with Crippen LogP contribution in [0.4, 0.5) is 8.78 Å². The van der Waals surface area contributed by atoms with Gasteiger partial charge in [0.2, 0.25) is 0 Å². The van der Waals surface area contributed by atoms with Gasteiger partial charge in [-0.2, -0.15) is 0 Å². The maximum atomic E-state index is 13.2. The molecule has 0 heterocycles. The fourth-order valence-corrected chi connectivity index (χ4v) is 1.16. The van der Waals surface area contributed by atoms with Crippen LogP contribution >= 0.6 is 0 Å². The number of terminal acetylenes is 1. The first-order valence-electron chi connectivity index (χ1n) is 4.03. The van der Waals surface area contributed by atoms with Gasteiger partial charge in [-0.25, -0.2) is 8.78 Å². The number of hydrogen-bond acceptors (Lipinski definition) is 2. The van der Waals surface area contributed by atoms with Crippen LogP contribution in [0.1, 0.15) is 18.0 Å². The molecular weight excluding hydrogens is 186 g/mol. The molecule has 0 bridgehead atoms. The fourth-order valence-electron chi connectivity index (χ4n) is 1.16. The summed E-state index contributed by atoms with van der Waals surface area (Å²) in [4.78, 5) is 0. The van der Waals surface area contributed by atoms with Crippen LogP contribution in [0.3, 0.4) is 0 Å². The number of benzene rings is 1. The second-order valence-electron chi connectivity index (χ2n) is 2.79. The molecule has 1 unspecified atom stereocenters. The van der Waals surface area contributed by atoms with E-state index in [-0.39, 0.29) is 12.0 Å². The van der Waals surface area contributed by atoms with Crippen LogP contribution in [0, 0.1) is 24.0 Å². The van der Waals surface area contributed by atoms with Crippen LogP contribution in [0.25, 0.3) is 0 Å². The number of nitrogens with one attached hydrogen (secondary N) is 1. The van der Waals surface area contributed by atoms with Gasteiger partial charge in [0.15, 0.2) is 0 Å². The Morgan fingerprint density at radius 1 is 1.50 bits per heavy atom. The largest absolute Gasteiger partial charge is 0.271 e. The molecule has 1 rings (SSSR count). The minimum absolute atomic E-state index is 0.144. The van der Waals surface area contributed by atoms with Crippen molar-refractivity contribution < 1.29 is 8.78 Å². The van der Waals surface area contributed by atoms with Crippen LogP contribution in [-0.2, 0) is 0 Å². The SMILES string of the molecule is C#CCC(NN)c1cc(F)ccc1F. The molecule has 0 amide bonds. The van der Waals surface area contributed by atoms with Gasteiger partial charge in [0.1, 0.15) is 11.6 Å². The Labute approximate surface area is 81.1 Å². The minimum atomic E-state index is -0.560. The van der Waals surface area contributed by atoms with Crippen LogP contribution in [0.15, 0.2) is 18.2 Å². The Hall–Kier alpha value is -1.44. The predicted octanol–water partition coefficient (Wildman–Crippen LogP) is 1.49. The molecule has 0 aliphatic rings. The highest BCUT2D eigenvalue weighted by Gasteiger charge is 2.13. The van der Waals surface area contributed by atoms with E-state index in [1.165, 1.54) is 0 Å². The Balaban J connectivity index is 3.03. The first kappa shape index (κ1) is 10.6. The monoisotopic (exact) mass is 196 g/mol. The lowest BCUT2D eigenvalue weighted by molar-refractivity contribution is 0.512. The first-order chi connectivity index (χ1) is 6.69. The Kier molecular flexibility index (Phi) is 3.57. The van der Waals surface area contributed by atoms with Crippen molar-refractivity contribution in [2.24, 2.45) is 5.84 Å². The van der Waals surface area contributed by atoms with Gasteiger partial charge in [-0.05, 0) is 18.2 Å². The molecule has 0 aliphatic carbocycles. The average molecular weight is 196 g/mol. The number of halogens is 2. The minimum Gasteiger partial charge on any atom is -0.271 e. The summed E-state index contributed by atoms with van der Waals surface area (Å²) in [7, 11) is 0. The lowest BCUT2D eigenvalue weighted by Gasteiger charge is -2.13. The highest BCUT2D eigenvalue weighted by Crippen LogP contribution is 2.19. The van der Waals surface area contributed by atoms with Gasteiger partial charge in [-0.1, -0.05) is 0 Å². The van der Waals surface area contributed by atoms with Crippen molar-refractivity contribution in [2.75, 3.05) is 0 Å². The molecular formula is C10H10F2N2. The van der Waals surface area contributed by atoms with Crippen LogP contribution in [0.2, 0.25) is 0 Å². The molecule has 1 aromatic rings. The van der Waals surface area contributed by atoms with Crippen molar-refractivity contribution in [3.8, 4) is 12.3 Å². The van der Waals surface area contributed by atoms with Crippen LogP contribution in [0.5, 0.6) is 0 Å². The highest BCUT2D eigenvalue weighted by atomic mass is 19.1. The van der Waals surface area contributed by atoms with Gasteiger partial charge >= 0.3 is 0 Å². The fraction of sp³-hybridized carbons (Fsp3) is 0.200. The van der Waals surface area contributed by atoms with E-state index in [0.29, 0.717) is 0 Å². The third-order valence-corrected chi connectivity index (χ3v) is 1.86. The molecule has 4 heteroatoms. The van der Waals surface area contributed by atoms with Crippen molar-refractivity contribution in [2.45, 2.75) is 12.5 Å². The van der Waals surface area contributed by atoms with E-state index in [4.69, 9.17) is 12.3 Å². The quantitative estimate of drug-likeness (QED) is 0.436. The molecule has 0 saturated heterocycles. The topological polar surface area (TPSA) is 38.0 Å². The smallest absolute Gasteiger partial charge is 0.128 e. The number of rotatable bonds is 3. The lowest BCUT2D eigenvalue weighted by atomic mass is 10.0. The molecule has 14 heavy (non-hydrogen) atoms. The second kappa shape index (κ2) is 4.70. The summed E-state index contributed by atoms with van der Waals surface area (Å²) < 4.78 is 26.0. The maximum Gasteiger partial charge on any atom is 0.128 e. The molecule has 0 aliphatic heterocycles. The molecule has 0 radical (unpaired) electrons. The Bertz CT molecular complexity index is 358. The highest BCUT2D eigenvalue weighted by molar-refractivity contribution is 5.23. The van der Waals surface area contributed by atoms with E-state index in [1.54, 1.807) is 0 Å². The number of hydrogen-bond donors (Lipinski definition) is 2. The summed E-state index contributed by atoms with van der Waals surface area (Å²) in [5, 5.41) is 0. The van der Waals surface area contributed by atoms with E-state index >= 15 is 0 Å². The second-order valence-corrected chi connectivity index (χ2v) is 2.79. The van der Waals surface area contributed by atoms with Gasteiger partial charge in [0.05, 0.1) is 6.04 Å². The average Bonchev–Trinajstić information content (AvgIpc) is 2.18. The third kappa shape index (κ3) is 2.28. The van der Waals surface area contributed by atoms with Gasteiger partial charge in [0.25, 0.3) is 0 Å². The molecule has 0 fully saturated rings. The van der Waals surface area contributed by atoms with Gasteiger partial charge < -0.3 is 0 Å². The molecule has 3 N–H and O–H groups in total. The van der Waals surface area contributed by atoms with E-state index in [0.717, 1.165) is 18.2 Å². The van der Waals surface area contributed by atoms with E-state index in [1.807, 2.05) is 0 Å². The predicted molar refractivity (Wildman–Crippen MR) is 49.9 cm³/mol. The van der Waals surface area contributed by atoms with Gasteiger partial charge in [-0.3, -0.25) is 11.3 Å². The van der Waals surface area contributed by atoms with Crippen molar-refractivity contribution >= 4 is 0 Å². The standard InChI is InChI=1S/C10H10F2N2/c1-2-3-10(14-13)8-6-7(11)4-5-9(8)12/h1,4-6,10,14H,3,13H2. The van der Waals surface area contributed by atoms with Crippen molar-refractivity contribution in [3.63, 3.8) is 0 Å². The molecule has 1 atom stereocenters. The Morgan fingerprint density at radius 3 is 2.79 bits per heavy atom. The molecule has 74 valence electrons. The lowest BCUT2D eigenvalue weighted by Crippen LogP contribution is -2.28. The van der Waals surface area contributed by atoms with E-state index < -0.39 is 17.7 Å². The normalized spacial score (nSPS) is 12.1. The van der Waals surface area contributed by atoms with Gasteiger partial charge in [-0.15, -0.1) is 12.3 Å². The zero-order valence-electron chi connectivity index (χ0n) is 7.43. The maximum absolute atomic E-state index is 13.2. The summed E-state index contributed by atoms with van der Waals surface area (Å²) in [5.74, 6) is 6.47. The number of hydrazine groups is 1. The zero-order chi connectivity index (χ0) is 10.6. The van der Waals surface area contributed by atoms with Crippen LogP contribution < -0.4 is 11.3 Å². The summed E-state index contributed by atoms with van der Waals surface area (Å²) in [6.07, 6.45) is 5.27. The van der Waals surface area contributed by atoms with E-state index in [9.17, 15) is 8.78 Å². The summed E-state index contributed by atoms with van der Waals surface area (Å²) in [5.41, 5.74) is 2.48. The van der Waals surface area contributed by atoms with Crippen molar-refractivity contribution in [3.05, 3.63) is 35.4 Å². The molecule has 0 saturated carbocycles. The molecule has 1 aromatic carbocycles. The van der Waals surface area contributed by atoms with Crippen molar-refractivity contribution in [1.82, 2.24) is 5.43 Å². The van der Waals surface area contributed by atoms with Crippen LogP contribution in [-0.4, -0.2) is 0 Å². The van der Waals surface area contributed by atoms with E-state index in [2.05, 4.69) is 11.3 Å². The van der Waals surface area contributed by atoms with Crippen molar-refractivity contribution in [1.29, 1.82) is 0 Å². The molecule has 0 spiro atoms. The summed E-state index contributed by atoms with van der Waals surface area (Å²) in [6, 6.07) is 2.61. The summed E-state index contributed by atoms with van der Waals surface area (Å²) in [6.45, 7) is 0. The summed E-state index contributed by atoms with van der Waals surface area (Å²) >= 11 is 0. The molecule has 2 nitrogen and oxygen atoms in total.